The van der Waals surface area contributed by atoms with E-state index in [9.17, 15) is 50.3 Å². The molecule has 13 aromatic heterocycles. The van der Waals surface area contributed by atoms with E-state index in [0.717, 1.165) is 199 Å². The average Bonchev–Trinajstić information content (AvgIpc) is 1.67. The van der Waals surface area contributed by atoms with Crippen LogP contribution < -0.4 is 73.9 Å². The highest BCUT2D eigenvalue weighted by atomic mass is 32.1. The molecule has 18 aromatic rings. The van der Waals surface area contributed by atoms with Gasteiger partial charge in [0.15, 0.2) is 11.4 Å². The van der Waals surface area contributed by atoms with Crippen molar-refractivity contribution in [2.45, 2.75) is 85.0 Å². The third-order valence-corrected chi connectivity index (χ3v) is 26.3. The van der Waals surface area contributed by atoms with E-state index >= 15 is 0 Å². The lowest BCUT2D eigenvalue weighted by molar-refractivity contribution is -0.141. The number of nitrogens with one attached hydrogen (secondary N) is 4. The van der Waals surface area contributed by atoms with Gasteiger partial charge in [0.25, 0.3) is 0 Å². The van der Waals surface area contributed by atoms with E-state index in [1.54, 1.807) is 30.7 Å². The van der Waals surface area contributed by atoms with Gasteiger partial charge in [0.2, 0.25) is 17.3 Å². The number of aromatic nitrogens is 11. The molecule has 18 heterocycles. The maximum Gasteiger partial charge on any atom is 0.434 e. The maximum absolute atomic E-state index is 12.8. The van der Waals surface area contributed by atoms with E-state index < -0.39 is 40.6 Å². The molecule has 0 saturated carbocycles. The fraction of sp³-hybridized carbons (Fsp3) is 0.303. The van der Waals surface area contributed by atoms with Crippen molar-refractivity contribution in [2.24, 2.45) is 0 Å². The van der Waals surface area contributed by atoms with Crippen molar-refractivity contribution in [3.8, 4) is 54.9 Å². The van der Waals surface area contributed by atoms with E-state index in [4.69, 9.17) is 22.1 Å². The molecule has 5 aliphatic rings. The Hall–Kier alpha value is -14.4. The topological polar surface area (TPSA) is 335 Å². The van der Waals surface area contributed by atoms with Crippen molar-refractivity contribution >= 4 is 123 Å². The van der Waals surface area contributed by atoms with Gasteiger partial charge in [-0.25, -0.2) is 63.8 Å². The van der Waals surface area contributed by atoms with Crippen molar-refractivity contribution in [1.29, 1.82) is 0 Å². The van der Waals surface area contributed by atoms with E-state index in [-0.39, 0.29) is 32.4 Å². The van der Waals surface area contributed by atoms with Crippen LogP contribution in [-0.2, 0) is 12.4 Å². The molecule has 0 unspecified atom stereocenters. The monoisotopic (exact) mass is 1920 g/mol. The molecule has 31 nitrogen and oxygen atoms in total. The average molecular weight is 1920 g/mol. The van der Waals surface area contributed by atoms with Gasteiger partial charge < -0.3 is 72.8 Å². The van der Waals surface area contributed by atoms with Crippen molar-refractivity contribution in [1.82, 2.24) is 79.2 Å². The second kappa shape index (κ2) is 38.7. The summed E-state index contributed by atoms with van der Waals surface area (Å²) < 4.78 is 110. The largest absolute Gasteiger partial charge is 0.434 e. The smallest absolute Gasteiger partial charge is 0.422 e. The summed E-state index contributed by atoms with van der Waals surface area (Å²) in [7, 11) is 2.13. The minimum absolute atomic E-state index is 0.00187. The normalized spacial score (nSPS) is 17.4. The van der Waals surface area contributed by atoms with Crippen LogP contribution in [0, 0.1) is 20.8 Å². The molecule has 23 rings (SSSR count). The molecule has 710 valence electrons. The summed E-state index contributed by atoms with van der Waals surface area (Å²) in [6, 6.07) is 39.3. The Morgan fingerprint density at radius 2 is 0.645 bits per heavy atom. The number of hydrogen-bond donors (Lipinski definition) is 4. The lowest BCUT2D eigenvalue weighted by atomic mass is 10.1. The van der Waals surface area contributed by atoms with Crippen molar-refractivity contribution < 1.29 is 48.4 Å². The number of hydrogen-bond acceptors (Lipinski definition) is 30. The van der Waals surface area contributed by atoms with Crippen molar-refractivity contribution in [3.63, 3.8) is 0 Å². The number of thiazole rings is 2. The van der Waals surface area contributed by atoms with Gasteiger partial charge in [0.1, 0.15) is 37.9 Å². The molecule has 4 N–H and O–H groups in total. The number of anilines is 5. The molecule has 0 bridgehead atoms. The molecule has 5 fully saturated rings. The fourth-order valence-electron chi connectivity index (χ4n) is 17.6. The highest BCUT2D eigenvalue weighted by molar-refractivity contribution is 7.13. The summed E-state index contributed by atoms with van der Waals surface area (Å²) in [6.07, 6.45) is 7.42. The SMILES string of the molecule is C[C@@H]1CN(c2ccc3cc(-c4nc(C(F)(F)F)cs4)c(=O)oc3c2)CCN1.C[C@H]1CN(c2ccc3cc(-c4nc(C(F)(F)F)cs4)c(=O)oc3c2)CCN1.Cc1cnc2nc(-c3cc4ccc(N5CCN(C)CC5)cc4oc3=O)cn2c1.Cc1cnc2nc(-c3cc4ccc(N5CCNCC5)cc4oc3=O)cn2c1.Cc1cnc2nc(-c3cc4ccc(N5C[C@@H](C)N[C@@H](C)C5)cc4oc3=O)cn2c1. The summed E-state index contributed by atoms with van der Waals surface area (Å²) in [5.74, 6) is 1.68. The highest BCUT2D eigenvalue weighted by Gasteiger charge is 2.36. The Balaban J connectivity index is 0.000000110. The Bertz CT molecular complexity index is 7770. The second-order valence-electron chi connectivity index (χ2n) is 35.3. The number of alkyl halides is 6. The van der Waals surface area contributed by atoms with Crippen LogP contribution >= 0.6 is 22.7 Å². The predicted molar refractivity (Wildman–Crippen MR) is 523 cm³/mol. The third-order valence-electron chi connectivity index (χ3n) is 24.5. The van der Waals surface area contributed by atoms with Crippen LogP contribution in [0.5, 0.6) is 0 Å². The van der Waals surface area contributed by atoms with Gasteiger partial charge in [-0.15, -0.1) is 22.7 Å². The molecule has 138 heavy (non-hydrogen) atoms. The standard InChI is InChI=1S/C22H23N5O2.C21H21N5O2.C20H19N5O2.2C18H16F3N3O2S/c1-13-8-23-22-25-19(12-27(22)9-13)18-6-16-4-5-17(7-20(16)29-21(18)28)26-10-14(2)24-15(3)11-26;1-14-11-22-21-23-18(13-26(21)12-14)17-9-15-3-4-16(10-19(15)28-20(17)27)25-7-5-24(2)6-8-25;1-13-10-22-20-23-17(12-25(20)11-13)16-8-14-2-3-15(9-18(14)27-19(16)26)24-6-4-21-5-7-24;2*1-10-8-24(5-4-22-10)12-3-2-11-6-13(17(25)26-14(11)7-12)16-23-15(9-27-16)18(19,20)21/h4-9,12,14-15,24H,10-11H2,1-3H3;3-4,9-13H,5-8H2,1-2H3;2-3,8-12,21H,4-7H2,1H3;2*2-3,6-7,9-10,22H,4-5,8H2,1H3/t14-,15+;;;2*10-/m...10/s1. The first-order valence-electron chi connectivity index (χ1n) is 45.1. The number of halogens is 6. The van der Waals surface area contributed by atoms with Crippen LogP contribution in [0.15, 0.2) is 234 Å². The lowest BCUT2D eigenvalue weighted by Gasteiger charge is -2.37. The number of nitrogens with zero attached hydrogens (tertiary/aromatic N) is 17. The minimum atomic E-state index is -4.54. The molecule has 0 aliphatic carbocycles. The Morgan fingerprint density at radius 3 is 0.971 bits per heavy atom. The Kier molecular flexibility index (Phi) is 26.0. The molecule has 4 atom stereocenters. The van der Waals surface area contributed by atoms with Crippen LogP contribution in [0.4, 0.5) is 54.8 Å². The maximum atomic E-state index is 12.8. The minimum Gasteiger partial charge on any atom is -0.422 e. The zero-order chi connectivity index (χ0) is 96.1. The van der Waals surface area contributed by atoms with Crippen molar-refractivity contribution in [3.05, 3.63) is 268 Å². The van der Waals surface area contributed by atoms with Gasteiger partial charge in [-0.05, 0) is 163 Å². The van der Waals surface area contributed by atoms with Crippen LogP contribution in [0.1, 0.15) is 55.8 Å². The first kappa shape index (κ1) is 92.7. The van der Waals surface area contributed by atoms with Gasteiger partial charge in [0.05, 0.1) is 44.9 Å². The number of rotatable bonds is 10. The number of imidazole rings is 3. The predicted octanol–water partition coefficient (Wildman–Crippen LogP) is 15.2. The molecule has 5 aromatic carbocycles. The quantitative estimate of drug-likeness (QED) is 0.0730. The van der Waals surface area contributed by atoms with E-state index in [2.05, 4.69) is 143 Å². The molecule has 5 saturated heterocycles. The van der Waals surface area contributed by atoms with Crippen molar-refractivity contribution in [2.75, 3.05) is 136 Å². The summed E-state index contributed by atoms with van der Waals surface area (Å²) in [5.41, 5.74) is 9.31. The zero-order valence-corrected chi connectivity index (χ0v) is 77.9. The molecule has 0 amide bonds. The first-order chi connectivity index (χ1) is 66.3. The number of piperazine rings is 5. The van der Waals surface area contributed by atoms with Crippen LogP contribution in [0.2, 0.25) is 0 Å². The fourth-order valence-corrected chi connectivity index (χ4v) is 19.2. The summed E-state index contributed by atoms with van der Waals surface area (Å²) in [5, 5.41) is 19.3. The molecular formula is C99H95F6N21O10S2. The molecule has 0 spiro atoms. The van der Waals surface area contributed by atoms with Crippen LogP contribution in [0.3, 0.4) is 0 Å². The second-order valence-corrected chi connectivity index (χ2v) is 37.0. The summed E-state index contributed by atoms with van der Waals surface area (Å²) >= 11 is 1.54. The van der Waals surface area contributed by atoms with Gasteiger partial charge >= 0.3 is 40.5 Å². The molecule has 0 radical (unpaired) electrons. The molecular weight excluding hydrogens is 1820 g/mol. The van der Waals surface area contributed by atoms with Gasteiger partial charge in [-0.2, -0.15) is 26.3 Å². The third kappa shape index (κ3) is 20.5. The zero-order valence-electron chi connectivity index (χ0n) is 76.3. The molecule has 39 heteroatoms. The van der Waals surface area contributed by atoms with Gasteiger partial charge in [-0.3, -0.25) is 13.2 Å². The van der Waals surface area contributed by atoms with E-state index in [0.29, 0.717) is 114 Å². The lowest BCUT2D eigenvalue weighted by Crippen LogP contribution is -2.54. The number of fused-ring (bicyclic) bond motifs is 8. The summed E-state index contributed by atoms with van der Waals surface area (Å²) in [4.78, 5) is 110. The molecule has 5 aliphatic heterocycles. The highest BCUT2D eigenvalue weighted by Crippen LogP contribution is 2.38. The van der Waals surface area contributed by atoms with E-state index in [1.165, 1.54) is 12.1 Å². The summed E-state index contributed by atoms with van der Waals surface area (Å²) in [6.45, 7) is 29.2. The first-order valence-corrected chi connectivity index (χ1v) is 46.9. The Labute approximate surface area is 790 Å². The van der Waals surface area contributed by atoms with Gasteiger partial charge in [-0.1, -0.05) is 0 Å². The van der Waals surface area contributed by atoms with Crippen LogP contribution in [-0.4, -0.2) is 194 Å². The number of aryl methyl sites for hydroxylation is 3. The van der Waals surface area contributed by atoms with E-state index in [1.807, 2.05) is 150 Å². The number of likely N-dealkylation sites (N-methyl/N-ethyl adjacent to an activating group) is 1. The Morgan fingerprint density at radius 1 is 0.348 bits per heavy atom. The van der Waals surface area contributed by atoms with Gasteiger partial charge in [0, 0.05) is 281 Å². The number of benzene rings is 5. The van der Waals surface area contributed by atoms with Crippen LogP contribution in [0.25, 0.3) is 127 Å².